The van der Waals surface area contributed by atoms with Crippen molar-refractivity contribution in [3.8, 4) is 5.75 Å². The number of hydrogen-bond acceptors (Lipinski definition) is 6. The van der Waals surface area contributed by atoms with Crippen LogP contribution in [0.15, 0.2) is 47.5 Å². The highest BCUT2D eigenvalue weighted by atomic mass is 35.5. The van der Waals surface area contributed by atoms with Crippen LogP contribution in [0.25, 0.3) is 10.9 Å². The van der Waals surface area contributed by atoms with Crippen LogP contribution in [0, 0.1) is 17.0 Å². The van der Waals surface area contributed by atoms with Gasteiger partial charge < -0.3 is 19.8 Å². The van der Waals surface area contributed by atoms with E-state index in [9.17, 15) is 23.8 Å². The Morgan fingerprint density at radius 3 is 2.66 bits per heavy atom. The predicted octanol–water partition coefficient (Wildman–Crippen LogP) is 6.37. The maximum Gasteiger partial charge on any atom is 0.309 e. The molecule has 2 heterocycles. The van der Waals surface area contributed by atoms with Crippen LogP contribution in [0.4, 0.5) is 8.78 Å². The van der Waals surface area contributed by atoms with Crippen LogP contribution in [0.1, 0.15) is 37.4 Å². The Hall–Kier alpha value is -2.17. The van der Waals surface area contributed by atoms with E-state index in [2.05, 4.69) is 9.88 Å². The molecule has 4 rings (SSSR count). The molecule has 1 fully saturated rings. The maximum absolute atomic E-state index is 13.8. The third-order valence-electron chi connectivity index (χ3n) is 7.12. The summed E-state index contributed by atoms with van der Waals surface area (Å²) in [5.74, 6) is -0.624. The number of halogens is 4. The van der Waals surface area contributed by atoms with Gasteiger partial charge in [0.1, 0.15) is 17.4 Å². The molecule has 3 aromatic rings. The number of ether oxygens (including phenoxy) is 1. The van der Waals surface area contributed by atoms with Crippen molar-refractivity contribution in [3.05, 3.63) is 64.8 Å². The van der Waals surface area contributed by atoms with Crippen molar-refractivity contribution >= 4 is 52.6 Å². The molecule has 6 nitrogen and oxygen atoms in total. The van der Waals surface area contributed by atoms with Crippen molar-refractivity contribution in [2.24, 2.45) is 5.41 Å². The number of rotatable bonds is 10. The second kappa shape index (κ2) is 13.3. The quantitative estimate of drug-likeness (QED) is 0.267. The number of piperidine rings is 1. The van der Waals surface area contributed by atoms with Crippen molar-refractivity contribution in [3.63, 3.8) is 0 Å². The molecule has 38 heavy (non-hydrogen) atoms. The molecule has 0 saturated carbocycles. The summed E-state index contributed by atoms with van der Waals surface area (Å²) >= 11 is 7.66. The highest BCUT2D eigenvalue weighted by Crippen LogP contribution is 2.41. The number of aliphatic carboxylic acids is 1. The van der Waals surface area contributed by atoms with Crippen LogP contribution in [0.3, 0.4) is 0 Å². The minimum absolute atomic E-state index is 0. The van der Waals surface area contributed by atoms with Crippen molar-refractivity contribution in [1.82, 2.24) is 9.88 Å². The zero-order chi connectivity index (χ0) is 26.6. The molecule has 0 aliphatic carbocycles. The topological polar surface area (TPSA) is 82.9 Å². The van der Waals surface area contributed by atoms with Crippen LogP contribution >= 0.6 is 35.8 Å². The molecule has 1 atom stereocenters. The number of carboxylic acid groups (broad SMARTS) is 1. The van der Waals surface area contributed by atoms with Gasteiger partial charge in [-0.15, -0.1) is 24.2 Å². The van der Waals surface area contributed by atoms with E-state index >= 15 is 0 Å². The maximum atomic E-state index is 13.8. The minimum atomic E-state index is -0.961. The number of aliphatic hydroxyl groups is 1. The van der Waals surface area contributed by atoms with Gasteiger partial charge in [0, 0.05) is 34.3 Å². The molecule has 206 valence electrons. The molecule has 11 heteroatoms. The van der Waals surface area contributed by atoms with E-state index in [-0.39, 0.29) is 23.7 Å². The first-order valence-electron chi connectivity index (χ1n) is 12.1. The molecule has 2 aromatic carbocycles. The number of aromatic nitrogens is 1. The van der Waals surface area contributed by atoms with Crippen LogP contribution in [-0.4, -0.2) is 58.6 Å². The van der Waals surface area contributed by atoms with Gasteiger partial charge in [-0.25, -0.2) is 8.78 Å². The van der Waals surface area contributed by atoms with Gasteiger partial charge in [-0.3, -0.25) is 9.78 Å². The second-order valence-corrected chi connectivity index (χ2v) is 10.9. The summed E-state index contributed by atoms with van der Waals surface area (Å²) in [5.41, 5.74) is 0.230. The van der Waals surface area contributed by atoms with E-state index in [4.69, 9.17) is 16.3 Å². The second-order valence-electron chi connectivity index (χ2n) is 9.31. The summed E-state index contributed by atoms with van der Waals surface area (Å²) in [6.07, 6.45) is 1.94. The SMILES string of the molecule is COc1ccc2ncc(Cl)c(C(O)CCC3(C(=O)O)CCN(CCSc4cc(F)ccc4F)CC3)c2c1.Cl. The van der Waals surface area contributed by atoms with Gasteiger partial charge in [0.2, 0.25) is 0 Å². The van der Waals surface area contributed by atoms with Gasteiger partial charge in [-0.2, -0.15) is 0 Å². The molecule has 0 radical (unpaired) electrons. The number of aliphatic hydroxyl groups excluding tert-OH is 1. The molecule has 1 unspecified atom stereocenters. The molecule has 1 aliphatic rings. The van der Waals surface area contributed by atoms with Crippen molar-refractivity contribution in [2.75, 3.05) is 32.5 Å². The number of nitrogens with zero attached hydrogens (tertiary/aromatic N) is 2. The Bertz CT molecular complexity index is 1280. The number of fused-ring (bicyclic) bond motifs is 1. The lowest BCUT2D eigenvalue weighted by Gasteiger charge is -2.39. The Balaban J connectivity index is 0.00000400. The number of carboxylic acids is 1. The van der Waals surface area contributed by atoms with E-state index in [0.29, 0.717) is 71.9 Å². The number of benzene rings is 2. The zero-order valence-corrected chi connectivity index (χ0v) is 23.2. The summed E-state index contributed by atoms with van der Waals surface area (Å²) < 4.78 is 32.5. The summed E-state index contributed by atoms with van der Waals surface area (Å²) in [7, 11) is 1.55. The number of carbonyl (C=O) groups is 1. The van der Waals surface area contributed by atoms with E-state index < -0.39 is 29.1 Å². The summed E-state index contributed by atoms with van der Waals surface area (Å²) in [5, 5.41) is 22.2. The van der Waals surface area contributed by atoms with Gasteiger partial charge in [-0.1, -0.05) is 11.6 Å². The third-order valence-corrected chi connectivity index (χ3v) is 8.43. The largest absolute Gasteiger partial charge is 0.497 e. The normalized spacial score (nSPS) is 16.1. The minimum Gasteiger partial charge on any atom is -0.497 e. The monoisotopic (exact) mass is 586 g/mol. The molecular weight excluding hydrogens is 557 g/mol. The van der Waals surface area contributed by atoms with Gasteiger partial charge >= 0.3 is 5.97 Å². The Morgan fingerprint density at radius 1 is 1.24 bits per heavy atom. The van der Waals surface area contributed by atoms with E-state index in [0.717, 1.165) is 12.1 Å². The predicted molar refractivity (Wildman–Crippen MR) is 148 cm³/mol. The van der Waals surface area contributed by atoms with Crippen LogP contribution in [0.2, 0.25) is 5.02 Å². The van der Waals surface area contributed by atoms with Gasteiger partial charge in [0.25, 0.3) is 0 Å². The smallest absolute Gasteiger partial charge is 0.309 e. The van der Waals surface area contributed by atoms with E-state index in [1.807, 2.05) is 0 Å². The van der Waals surface area contributed by atoms with Crippen molar-refractivity contribution in [2.45, 2.75) is 36.7 Å². The van der Waals surface area contributed by atoms with Crippen molar-refractivity contribution < 1.29 is 28.5 Å². The lowest BCUT2D eigenvalue weighted by atomic mass is 9.74. The fraction of sp³-hybridized carbons (Fsp3) is 0.407. The summed E-state index contributed by atoms with van der Waals surface area (Å²) in [6, 6.07) is 8.73. The Morgan fingerprint density at radius 2 is 1.97 bits per heavy atom. The zero-order valence-electron chi connectivity index (χ0n) is 20.8. The highest BCUT2D eigenvalue weighted by Gasteiger charge is 2.41. The summed E-state index contributed by atoms with van der Waals surface area (Å²) in [6.45, 7) is 1.79. The Labute approximate surface area is 235 Å². The number of pyridine rings is 1. The molecule has 0 bridgehead atoms. The van der Waals surface area contributed by atoms with Crippen LogP contribution < -0.4 is 4.74 Å². The number of methoxy groups -OCH3 is 1. The number of hydrogen-bond donors (Lipinski definition) is 2. The van der Waals surface area contributed by atoms with Gasteiger partial charge in [-0.05, 0) is 75.2 Å². The van der Waals surface area contributed by atoms with Crippen LogP contribution in [0.5, 0.6) is 5.75 Å². The first-order valence-corrected chi connectivity index (χ1v) is 13.4. The lowest BCUT2D eigenvalue weighted by molar-refractivity contribution is -0.153. The highest BCUT2D eigenvalue weighted by molar-refractivity contribution is 7.99. The standard InChI is InChI=1S/C27H29ClF2N2O4S.ClH/c1-36-18-3-5-22-19(15-18)25(20(28)16-31-22)23(33)6-7-27(26(34)35)8-10-32(11-9-27)12-13-37-24-14-17(29)2-4-21(24)30;/h2-5,14-16,23,33H,6-13H2,1H3,(H,34,35);1H. The van der Waals surface area contributed by atoms with Gasteiger partial charge in [0.05, 0.1) is 29.2 Å². The first-order chi connectivity index (χ1) is 17.7. The van der Waals surface area contributed by atoms with Gasteiger partial charge in [0.15, 0.2) is 0 Å². The molecule has 0 spiro atoms. The lowest BCUT2D eigenvalue weighted by Crippen LogP contribution is -2.45. The average Bonchev–Trinajstić information content (AvgIpc) is 2.89. The van der Waals surface area contributed by atoms with E-state index in [1.165, 1.54) is 24.0 Å². The first kappa shape index (κ1) is 30.4. The molecule has 1 aromatic heterocycles. The fourth-order valence-electron chi connectivity index (χ4n) is 4.84. The molecule has 1 saturated heterocycles. The molecular formula is C27H30Cl2F2N2O4S. The Kier molecular flexibility index (Phi) is 10.6. The van der Waals surface area contributed by atoms with E-state index in [1.54, 1.807) is 25.3 Å². The van der Waals surface area contributed by atoms with Crippen molar-refractivity contribution in [1.29, 1.82) is 0 Å². The summed E-state index contributed by atoms with van der Waals surface area (Å²) in [4.78, 5) is 19.1. The number of thioether (sulfide) groups is 1. The average molecular weight is 588 g/mol. The molecule has 1 aliphatic heterocycles. The molecule has 0 amide bonds. The van der Waals surface area contributed by atoms with Crippen LogP contribution in [-0.2, 0) is 4.79 Å². The third kappa shape index (κ3) is 6.87. The number of likely N-dealkylation sites (tertiary alicyclic amines) is 1. The fourth-order valence-corrected chi connectivity index (χ4v) is 6.09. The molecule has 2 N–H and O–H groups in total.